The van der Waals surface area contributed by atoms with Gasteiger partial charge in [0.05, 0.1) is 81.8 Å². The van der Waals surface area contributed by atoms with Gasteiger partial charge in [0.2, 0.25) is 5.91 Å². The van der Waals surface area contributed by atoms with Gasteiger partial charge >= 0.3 is 0 Å². The highest BCUT2D eigenvalue weighted by atomic mass is 16.5. The SMILES string of the molecule is COCCOCCOCCN(CCCC(=O)NC(C)(C)C1CCCC1)c1cc(COc2cc3c(cc2OC)C(=O)N2c4ccccc4C[C@H]2C=N3)cc(COc2cc3c(cc2OC)C(=O)N2c4ccccc4C[C@H]2CN3)c1. The zero-order chi connectivity index (χ0) is 53.5. The zero-order valence-electron chi connectivity index (χ0n) is 45.1. The average Bonchev–Trinajstić information content (AvgIpc) is 4.25. The quantitative estimate of drug-likeness (QED) is 0.0564. The Hall–Kier alpha value is -7.14. The first-order chi connectivity index (χ1) is 37.5. The van der Waals surface area contributed by atoms with Crippen LogP contribution in [0.1, 0.15) is 95.3 Å². The lowest BCUT2D eigenvalue weighted by Crippen LogP contribution is -2.48. The summed E-state index contributed by atoms with van der Waals surface area (Å²) in [4.78, 5) is 52.8. The van der Waals surface area contributed by atoms with E-state index >= 15 is 0 Å². The summed E-state index contributed by atoms with van der Waals surface area (Å²) in [7, 11) is 4.79. The highest BCUT2D eigenvalue weighted by Gasteiger charge is 2.39. The fourth-order valence-electron chi connectivity index (χ4n) is 11.6. The van der Waals surface area contributed by atoms with Crippen molar-refractivity contribution in [1.82, 2.24) is 5.32 Å². The predicted octanol–water partition coefficient (Wildman–Crippen LogP) is 9.50. The van der Waals surface area contributed by atoms with Crippen LogP contribution in [0.5, 0.6) is 23.0 Å². The van der Waals surface area contributed by atoms with Crippen molar-refractivity contribution in [2.75, 3.05) is 94.0 Å². The molecule has 4 heterocycles. The fourth-order valence-corrected chi connectivity index (χ4v) is 11.6. The molecule has 406 valence electrons. The van der Waals surface area contributed by atoms with E-state index in [2.05, 4.69) is 53.6 Å². The second-order valence-electron chi connectivity index (χ2n) is 21.1. The van der Waals surface area contributed by atoms with Gasteiger partial charge < -0.3 is 53.6 Å². The number of aliphatic imine (C=N–C) groups is 1. The predicted molar refractivity (Wildman–Crippen MR) is 298 cm³/mol. The van der Waals surface area contributed by atoms with Crippen LogP contribution in [0.2, 0.25) is 0 Å². The van der Waals surface area contributed by atoms with Crippen molar-refractivity contribution in [2.45, 2.75) is 96.1 Å². The third-order valence-electron chi connectivity index (χ3n) is 15.7. The third kappa shape index (κ3) is 11.9. The summed E-state index contributed by atoms with van der Waals surface area (Å²) in [6.45, 7) is 8.53. The summed E-state index contributed by atoms with van der Waals surface area (Å²) in [6.07, 6.45) is 8.96. The lowest BCUT2D eigenvalue weighted by atomic mass is 9.86. The molecule has 16 nitrogen and oxygen atoms in total. The Morgan fingerprint density at radius 1 is 0.714 bits per heavy atom. The van der Waals surface area contributed by atoms with Crippen LogP contribution >= 0.6 is 0 Å². The Balaban J connectivity index is 0.922. The topological polar surface area (TPSA) is 162 Å². The number of rotatable bonds is 24. The fraction of sp³-hybridized carbons (Fsp3) is 0.443. The Kier molecular flexibility index (Phi) is 16.6. The minimum Gasteiger partial charge on any atom is -0.493 e. The van der Waals surface area contributed by atoms with Gasteiger partial charge in [-0.05, 0) is 110 Å². The van der Waals surface area contributed by atoms with E-state index in [4.69, 9.17) is 38.2 Å². The molecule has 0 unspecified atom stereocenters. The van der Waals surface area contributed by atoms with Gasteiger partial charge in [0.15, 0.2) is 23.0 Å². The van der Waals surface area contributed by atoms with E-state index in [0.717, 1.165) is 58.6 Å². The van der Waals surface area contributed by atoms with Gasteiger partial charge in [-0.1, -0.05) is 49.2 Å². The Morgan fingerprint density at radius 3 is 2.04 bits per heavy atom. The lowest BCUT2D eigenvalue weighted by molar-refractivity contribution is -0.123. The number of ether oxygens (including phenoxy) is 7. The molecule has 77 heavy (non-hydrogen) atoms. The largest absolute Gasteiger partial charge is 0.493 e. The number of amides is 3. The molecule has 0 aromatic heterocycles. The number of anilines is 4. The molecule has 5 aromatic rings. The molecular weight excluding hydrogens is 977 g/mol. The van der Waals surface area contributed by atoms with Gasteiger partial charge in [-0.3, -0.25) is 24.3 Å². The highest BCUT2D eigenvalue weighted by Crippen LogP contribution is 2.43. The van der Waals surface area contributed by atoms with Crippen LogP contribution in [0.15, 0.2) is 96.0 Å². The van der Waals surface area contributed by atoms with Crippen molar-refractivity contribution in [3.63, 3.8) is 0 Å². The number of para-hydroxylation sites is 2. The van der Waals surface area contributed by atoms with Gasteiger partial charge in [-0.2, -0.15) is 0 Å². The average molecular weight is 1050 g/mol. The van der Waals surface area contributed by atoms with Gasteiger partial charge in [0, 0.05) is 80.5 Å². The molecule has 1 saturated carbocycles. The molecule has 1 aliphatic carbocycles. The number of hydrogen-bond donors (Lipinski definition) is 2. The number of fused-ring (bicyclic) bond motifs is 8. The van der Waals surface area contributed by atoms with Gasteiger partial charge in [0.1, 0.15) is 13.2 Å². The molecule has 5 aliphatic rings. The summed E-state index contributed by atoms with van der Waals surface area (Å²) in [5.74, 6) is 2.05. The summed E-state index contributed by atoms with van der Waals surface area (Å²) in [6, 6.07) is 29.2. The summed E-state index contributed by atoms with van der Waals surface area (Å²) < 4.78 is 42.0. The molecule has 0 bridgehead atoms. The van der Waals surface area contributed by atoms with E-state index in [9.17, 15) is 14.4 Å². The van der Waals surface area contributed by atoms with Crippen LogP contribution in [0, 0.1) is 5.92 Å². The van der Waals surface area contributed by atoms with Crippen molar-refractivity contribution < 1.29 is 47.5 Å². The molecule has 0 spiro atoms. The zero-order valence-corrected chi connectivity index (χ0v) is 45.1. The maximum absolute atomic E-state index is 14.3. The number of benzene rings is 5. The summed E-state index contributed by atoms with van der Waals surface area (Å²) in [5, 5.41) is 6.90. The van der Waals surface area contributed by atoms with Crippen LogP contribution in [0.3, 0.4) is 0 Å². The minimum atomic E-state index is -0.268. The van der Waals surface area contributed by atoms with E-state index in [1.165, 1.54) is 12.8 Å². The lowest BCUT2D eigenvalue weighted by Gasteiger charge is -2.33. The Labute approximate surface area is 451 Å². The number of nitrogens with one attached hydrogen (secondary N) is 2. The first-order valence-corrected chi connectivity index (χ1v) is 27.2. The van der Waals surface area contributed by atoms with Crippen LogP contribution in [-0.2, 0) is 45.1 Å². The highest BCUT2D eigenvalue weighted by molar-refractivity contribution is 6.15. The van der Waals surface area contributed by atoms with Crippen LogP contribution in [0.25, 0.3) is 0 Å². The molecule has 0 saturated heterocycles. The summed E-state index contributed by atoms with van der Waals surface area (Å²) >= 11 is 0. The Morgan fingerprint density at radius 2 is 1.34 bits per heavy atom. The monoisotopic (exact) mass is 1050 g/mol. The van der Waals surface area contributed by atoms with Crippen molar-refractivity contribution in [1.29, 1.82) is 0 Å². The van der Waals surface area contributed by atoms with Gasteiger partial charge in [-0.25, -0.2) is 0 Å². The van der Waals surface area contributed by atoms with E-state index in [1.807, 2.05) is 64.5 Å². The maximum Gasteiger partial charge on any atom is 0.261 e. The van der Waals surface area contributed by atoms with Gasteiger partial charge in [0.25, 0.3) is 11.8 Å². The van der Waals surface area contributed by atoms with Gasteiger partial charge in [-0.15, -0.1) is 0 Å². The number of nitrogens with zero attached hydrogens (tertiary/aromatic N) is 4. The molecule has 16 heteroatoms. The van der Waals surface area contributed by atoms with Crippen LogP contribution < -0.4 is 44.3 Å². The molecular formula is C61H72N6O10. The normalized spacial score (nSPS) is 17.3. The van der Waals surface area contributed by atoms with Crippen molar-refractivity contribution in [3.8, 4) is 23.0 Å². The molecule has 2 atom stereocenters. The van der Waals surface area contributed by atoms with Crippen molar-refractivity contribution >= 4 is 52.4 Å². The number of carbonyl (C=O) groups is 3. The molecule has 3 amide bonds. The van der Waals surface area contributed by atoms with E-state index < -0.39 is 0 Å². The van der Waals surface area contributed by atoms with Crippen LogP contribution in [0.4, 0.5) is 28.4 Å². The van der Waals surface area contributed by atoms with E-state index in [0.29, 0.717) is 123 Å². The first kappa shape index (κ1) is 53.3. The number of hydrogen-bond acceptors (Lipinski definition) is 13. The van der Waals surface area contributed by atoms with Crippen LogP contribution in [-0.4, -0.2) is 116 Å². The number of methoxy groups -OCH3 is 3. The van der Waals surface area contributed by atoms with Crippen molar-refractivity contribution in [2.24, 2.45) is 10.9 Å². The standard InChI is InChI=1S/C61H72N6O10/c1-61(2,44-15-8-9-16-44)64-58(68)19-12-20-65(21-22-74-25-26-75-24-23-71-3)45-28-40(38-76-56-34-50-48(32-54(56)72-4)59(69)66-46(36-62-50)30-42-13-6-10-17-52(42)66)27-41(29-45)39-77-57-35-51-49(33-55(57)73-5)60(70)67-47(37-63-51)31-43-14-7-11-18-53(43)67/h6-7,10-11,13-14,17-18,27-29,32-36,44,46-47,63H,8-9,12,15-16,19-26,30-31,37-39H2,1-5H3,(H,64,68)/t46-,47-/m0/s1. The first-order valence-electron chi connectivity index (χ1n) is 27.2. The summed E-state index contributed by atoms with van der Waals surface area (Å²) in [5.41, 5.74) is 8.52. The molecule has 10 rings (SSSR count). The number of carbonyl (C=O) groups excluding carboxylic acids is 3. The minimum absolute atomic E-state index is 0.0244. The maximum atomic E-state index is 14.3. The Bertz CT molecular complexity index is 2970. The molecule has 4 aliphatic heterocycles. The van der Waals surface area contributed by atoms with E-state index in [1.54, 1.807) is 39.5 Å². The smallest absolute Gasteiger partial charge is 0.261 e. The second-order valence-corrected chi connectivity index (χ2v) is 21.1. The molecule has 5 aromatic carbocycles. The molecule has 0 radical (unpaired) electrons. The molecule has 1 fully saturated rings. The third-order valence-corrected chi connectivity index (χ3v) is 15.7. The molecule has 2 N–H and O–H groups in total. The van der Waals surface area contributed by atoms with Crippen molar-refractivity contribution in [3.05, 3.63) is 124 Å². The second kappa shape index (κ2) is 24.0. The van der Waals surface area contributed by atoms with E-state index in [-0.39, 0.29) is 48.6 Å².